The molecule has 2 N–H and O–H groups in total. The quantitative estimate of drug-likeness (QED) is 0.406. The van der Waals surface area contributed by atoms with Crippen molar-refractivity contribution in [3.8, 4) is 22.8 Å². The first-order valence-electron chi connectivity index (χ1n) is 12.4. The van der Waals surface area contributed by atoms with Crippen molar-refractivity contribution in [2.24, 2.45) is 5.92 Å². The normalized spacial score (nSPS) is 17.6. The molecular weight excluding hydrogens is 454 g/mol. The van der Waals surface area contributed by atoms with Gasteiger partial charge in [0.05, 0.1) is 35.9 Å². The summed E-state index contributed by atoms with van der Waals surface area (Å²) in [5.41, 5.74) is 3.24. The second-order valence-corrected chi connectivity index (χ2v) is 9.51. The molecule has 1 atom stereocenters. The van der Waals surface area contributed by atoms with Crippen LogP contribution in [-0.4, -0.2) is 63.3 Å². The molecule has 1 aliphatic heterocycles. The molecule has 1 saturated carbocycles. The molecule has 4 aromatic rings. The van der Waals surface area contributed by atoms with Crippen LogP contribution in [0.5, 0.6) is 0 Å². The lowest BCUT2D eigenvalue weighted by molar-refractivity contribution is 0.386. The number of nitrogens with one attached hydrogen (secondary N) is 2. The van der Waals surface area contributed by atoms with Gasteiger partial charge in [-0.15, -0.1) is 0 Å². The Bertz CT molecular complexity index is 1310. The molecule has 2 fully saturated rings. The van der Waals surface area contributed by atoms with Crippen LogP contribution >= 0.6 is 0 Å². The molecule has 3 aromatic heterocycles. The number of hydrogen-bond acceptors (Lipinski definition) is 10. The summed E-state index contributed by atoms with van der Waals surface area (Å²) in [7, 11) is 1.83. The molecule has 0 bridgehead atoms. The first-order valence-corrected chi connectivity index (χ1v) is 12.4. The Kier molecular flexibility index (Phi) is 5.80. The summed E-state index contributed by atoms with van der Waals surface area (Å²) in [5.74, 6) is 3.15. The van der Waals surface area contributed by atoms with Crippen molar-refractivity contribution >= 4 is 11.6 Å². The van der Waals surface area contributed by atoms with Crippen molar-refractivity contribution in [1.29, 1.82) is 0 Å². The predicted molar refractivity (Wildman–Crippen MR) is 137 cm³/mol. The predicted octanol–water partition coefficient (Wildman–Crippen LogP) is 3.15. The van der Waals surface area contributed by atoms with Gasteiger partial charge < -0.3 is 20.1 Å². The second-order valence-electron chi connectivity index (χ2n) is 9.51. The van der Waals surface area contributed by atoms with E-state index >= 15 is 0 Å². The highest BCUT2D eigenvalue weighted by Crippen LogP contribution is 2.50. The molecule has 10 nitrogen and oxygen atoms in total. The largest absolute Gasteiger partial charge is 0.372 e. The van der Waals surface area contributed by atoms with Gasteiger partial charge in [-0.05, 0) is 31.2 Å². The van der Waals surface area contributed by atoms with E-state index in [2.05, 4.69) is 71.8 Å². The molecular formula is C26H29N9O. The van der Waals surface area contributed by atoms with E-state index in [-0.39, 0.29) is 5.41 Å². The zero-order valence-corrected chi connectivity index (χ0v) is 20.5. The number of aromatic nitrogens is 6. The molecule has 1 unspecified atom stereocenters. The maximum Gasteiger partial charge on any atom is 0.278 e. The molecule has 0 radical (unpaired) electrons. The number of hydrogen-bond donors (Lipinski definition) is 2. The minimum Gasteiger partial charge on any atom is -0.372 e. The third kappa shape index (κ3) is 4.17. The van der Waals surface area contributed by atoms with E-state index in [4.69, 9.17) is 9.51 Å². The van der Waals surface area contributed by atoms with Gasteiger partial charge in [0.1, 0.15) is 17.3 Å². The Morgan fingerprint density at radius 1 is 0.944 bits per heavy atom. The SMILES string of the molecule is CNc1cnc(-c2ccc(C(C)(c3noc(-c4cnc(N5CCNCC5)cn4)n3)C3CC3)cc2)cn1. The number of nitrogens with zero attached hydrogens (tertiary/aromatic N) is 7. The molecule has 4 heterocycles. The highest BCUT2D eigenvalue weighted by atomic mass is 16.5. The van der Waals surface area contributed by atoms with E-state index in [0.29, 0.717) is 23.3 Å². The molecule has 1 saturated heterocycles. The number of rotatable bonds is 7. The van der Waals surface area contributed by atoms with Crippen molar-refractivity contribution in [2.75, 3.05) is 43.4 Å². The molecule has 1 aliphatic carbocycles. The summed E-state index contributed by atoms with van der Waals surface area (Å²) in [6, 6.07) is 8.44. The fourth-order valence-corrected chi connectivity index (χ4v) is 4.83. The van der Waals surface area contributed by atoms with Crippen molar-refractivity contribution in [3.63, 3.8) is 0 Å². The van der Waals surface area contributed by atoms with Crippen LogP contribution in [0.4, 0.5) is 11.6 Å². The Morgan fingerprint density at radius 2 is 1.69 bits per heavy atom. The third-order valence-electron chi connectivity index (χ3n) is 7.27. The second kappa shape index (κ2) is 9.27. The average Bonchev–Trinajstić information content (AvgIpc) is 3.70. The van der Waals surface area contributed by atoms with Gasteiger partial charge in [-0.3, -0.25) is 4.98 Å². The fraction of sp³-hybridized carbons (Fsp3) is 0.385. The molecule has 6 rings (SSSR count). The Morgan fingerprint density at radius 3 is 2.33 bits per heavy atom. The van der Waals surface area contributed by atoms with E-state index in [1.807, 2.05) is 7.05 Å². The van der Waals surface area contributed by atoms with Crippen LogP contribution < -0.4 is 15.5 Å². The minimum absolute atomic E-state index is 0.351. The number of piperazine rings is 1. The fourth-order valence-electron chi connectivity index (χ4n) is 4.83. The van der Waals surface area contributed by atoms with Crippen LogP contribution in [-0.2, 0) is 5.41 Å². The smallest absolute Gasteiger partial charge is 0.278 e. The molecule has 2 aliphatic rings. The first kappa shape index (κ1) is 22.5. The topological polar surface area (TPSA) is 118 Å². The van der Waals surface area contributed by atoms with Gasteiger partial charge in [0, 0.05) is 38.8 Å². The first-order chi connectivity index (χ1) is 17.6. The highest BCUT2D eigenvalue weighted by molar-refractivity contribution is 5.60. The van der Waals surface area contributed by atoms with E-state index in [1.165, 1.54) is 0 Å². The van der Waals surface area contributed by atoms with Crippen LogP contribution in [0.25, 0.3) is 22.8 Å². The molecule has 0 amide bonds. The van der Waals surface area contributed by atoms with Gasteiger partial charge in [-0.1, -0.05) is 29.4 Å². The Hall–Kier alpha value is -3.92. The molecule has 1 aromatic carbocycles. The molecule has 0 spiro atoms. The van der Waals surface area contributed by atoms with E-state index in [0.717, 1.165) is 67.5 Å². The lowest BCUT2D eigenvalue weighted by Crippen LogP contribution is -2.43. The Labute approximate surface area is 209 Å². The van der Waals surface area contributed by atoms with Crippen molar-refractivity contribution in [1.82, 2.24) is 35.4 Å². The van der Waals surface area contributed by atoms with E-state index < -0.39 is 0 Å². The summed E-state index contributed by atoms with van der Waals surface area (Å²) in [4.78, 5) is 25.1. The van der Waals surface area contributed by atoms with Crippen molar-refractivity contribution in [3.05, 3.63) is 60.4 Å². The number of benzene rings is 1. The zero-order valence-electron chi connectivity index (χ0n) is 20.5. The monoisotopic (exact) mass is 483 g/mol. The number of anilines is 2. The maximum atomic E-state index is 5.69. The van der Waals surface area contributed by atoms with E-state index in [1.54, 1.807) is 24.8 Å². The highest BCUT2D eigenvalue weighted by Gasteiger charge is 2.47. The van der Waals surface area contributed by atoms with Crippen LogP contribution in [0.2, 0.25) is 0 Å². The van der Waals surface area contributed by atoms with Gasteiger partial charge in [0.15, 0.2) is 5.82 Å². The molecule has 36 heavy (non-hydrogen) atoms. The third-order valence-corrected chi connectivity index (χ3v) is 7.27. The zero-order chi connectivity index (χ0) is 24.5. The Balaban J connectivity index is 1.25. The summed E-state index contributed by atoms with van der Waals surface area (Å²) in [5, 5.41) is 10.8. The van der Waals surface area contributed by atoms with Crippen LogP contribution in [0.1, 0.15) is 31.2 Å². The van der Waals surface area contributed by atoms with Crippen molar-refractivity contribution < 1.29 is 4.52 Å². The minimum atomic E-state index is -0.351. The van der Waals surface area contributed by atoms with Crippen LogP contribution in [0, 0.1) is 5.92 Å². The lowest BCUT2D eigenvalue weighted by atomic mass is 9.77. The van der Waals surface area contributed by atoms with Gasteiger partial charge in [0.2, 0.25) is 0 Å². The summed E-state index contributed by atoms with van der Waals surface area (Å²) in [6.07, 6.45) is 9.29. The van der Waals surface area contributed by atoms with Gasteiger partial charge >= 0.3 is 0 Å². The maximum absolute atomic E-state index is 5.69. The lowest BCUT2D eigenvalue weighted by Gasteiger charge is -2.27. The molecule has 184 valence electrons. The van der Waals surface area contributed by atoms with Crippen LogP contribution in [0.15, 0.2) is 53.6 Å². The summed E-state index contributed by atoms with van der Waals surface area (Å²) < 4.78 is 5.69. The molecule has 10 heteroatoms. The van der Waals surface area contributed by atoms with Crippen molar-refractivity contribution in [2.45, 2.75) is 25.2 Å². The average molecular weight is 484 g/mol. The van der Waals surface area contributed by atoms with Crippen LogP contribution in [0.3, 0.4) is 0 Å². The van der Waals surface area contributed by atoms with E-state index in [9.17, 15) is 0 Å². The van der Waals surface area contributed by atoms with Gasteiger partial charge in [0.25, 0.3) is 5.89 Å². The summed E-state index contributed by atoms with van der Waals surface area (Å²) >= 11 is 0. The summed E-state index contributed by atoms with van der Waals surface area (Å²) in [6.45, 7) is 5.95. The van der Waals surface area contributed by atoms with Gasteiger partial charge in [-0.25, -0.2) is 15.0 Å². The van der Waals surface area contributed by atoms with Gasteiger partial charge in [-0.2, -0.15) is 4.98 Å². The standard InChI is InChI=1S/C26H29N9O/c1-26(19-7-8-19,18-5-3-17(4-6-18)20-13-31-22(27-2)15-29-20)25-33-24(36-34-25)21-14-32-23(16-30-21)35-11-9-28-10-12-35/h3-6,13-16,19,28H,7-12H2,1-2H3,(H,27,31).